The maximum Gasteiger partial charge on any atom is 0.219 e. The van der Waals surface area contributed by atoms with Crippen LogP contribution in [-0.4, -0.2) is 4.98 Å². The van der Waals surface area contributed by atoms with Crippen LogP contribution in [0.1, 0.15) is 5.56 Å². The molecule has 4 N–H and O–H groups in total. The van der Waals surface area contributed by atoms with E-state index in [1.807, 2.05) is 19.1 Å². The Balaban J connectivity index is 2.23. The number of hydrogen-bond acceptors (Lipinski definition) is 4. The zero-order chi connectivity index (χ0) is 11.5. The Morgan fingerprint density at radius 2 is 1.81 bits per heavy atom. The summed E-state index contributed by atoms with van der Waals surface area (Å²) in [6.45, 7) is 1.93. The van der Waals surface area contributed by atoms with Crippen LogP contribution in [0, 0.1) is 6.92 Å². The molecule has 0 radical (unpaired) electrons. The van der Waals surface area contributed by atoms with E-state index >= 15 is 0 Å². The Labute approximate surface area is 93.9 Å². The fourth-order valence-electron chi connectivity index (χ4n) is 1.35. The highest BCUT2D eigenvalue weighted by atomic mass is 16.5. The molecule has 1 heterocycles. The number of ether oxygens (including phenoxy) is 1. The number of nitrogen functional groups attached to an aromatic ring is 2. The van der Waals surface area contributed by atoms with Crippen molar-refractivity contribution in [1.82, 2.24) is 4.98 Å². The highest BCUT2D eigenvalue weighted by molar-refractivity contribution is 5.48. The summed E-state index contributed by atoms with van der Waals surface area (Å²) in [5.41, 5.74) is 13.5. The van der Waals surface area contributed by atoms with Gasteiger partial charge in [-0.15, -0.1) is 0 Å². The van der Waals surface area contributed by atoms with Crippen molar-refractivity contribution in [3.63, 3.8) is 0 Å². The van der Waals surface area contributed by atoms with Gasteiger partial charge in [-0.05, 0) is 36.8 Å². The van der Waals surface area contributed by atoms with Gasteiger partial charge in [-0.2, -0.15) is 0 Å². The Hall–Kier alpha value is -2.23. The van der Waals surface area contributed by atoms with Crippen molar-refractivity contribution < 1.29 is 4.74 Å². The molecule has 0 saturated heterocycles. The first-order chi connectivity index (χ1) is 7.65. The Bertz CT molecular complexity index is 494. The summed E-state index contributed by atoms with van der Waals surface area (Å²) in [6.07, 6.45) is 1.56. The predicted octanol–water partition coefficient (Wildman–Crippen LogP) is 2.35. The molecule has 16 heavy (non-hydrogen) atoms. The largest absolute Gasteiger partial charge is 0.439 e. The topological polar surface area (TPSA) is 74.2 Å². The molecule has 0 aliphatic rings. The van der Waals surface area contributed by atoms with E-state index in [0.717, 1.165) is 17.0 Å². The lowest BCUT2D eigenvalue weighted by Gasteiger charge is -2.08. The third kappa shape index (κ3) is 2.23. The van der Waals surface area contributed by atoms with Crippen LogP contribution in [0.25, 0.3) is 0 Å². The van der Waals surface area contributed by atoms with Crippen LogP contribution < -0.4 is 16.2 Å². The average molecular weight is 215 g/mol. The quantitative estimate of drug-likeness (QED) is 0.754. The molecule has 1 aromatic carbocycles. The van der Waals surface area contributed by atoms with E-state index < -0.39 is 0 Å². The molecule has 0 atom stereocenters. The molecule has 0 aliphatic heterocycles. The van der Waals surface area contributed by atoms with Crippen LogP contribution in [0.5, 0.6) is 11.6 Å². The monoisotopic (exact) mass is 215 g/mol. The van der Waals surface area contributed by atoms with Gasteiger partial charge in [-0.25, -0.2) is 4.98 Å². The van der Waals surface area contributed by atoms with Gasteiger partial charge in [0, 0.05) is 11.8 Å². The highest BCUT2D eigenvalue weighted by Crippen LogP contribution is 2.25. The maximum atomic E-state index is 5.65. The minimum atomic E-state index is 0.516. The second kappa shape index (κ2) is 4.10. The summed E-state index contributed by atoms with van der Waals surface area (Å²) in [4.78, 5) is 4.06. The van der Waals surface area contributed by atoms with E-state index in [2.05, 4.69) is 4.98 Å². The van der Waals surface area contributed by atoms with E-state index in [1.54, 1.807) is 24.4 Å². The molecule has 0 aliphatic carbocycles. The molecule has 0 unspecified atom stereocenters. The molecule has 0 saturated carbocycles. The SMILES string of the molecule is Cc1cc(N)ccc1Oc1ccc(N)cn1. The number of rotatable bonds is 2. The fourth-order valence-corrected chi connectivity index (χ4v) is 1.35. The summed E-state index contributed by atoms with van der Waals surface area (Å²) in [6, 6.07) is 8.94. The minimum Gasteiger partial charge on any atom is -0.439 e. The maximum absolute atomic E-state index is 5.65. The predicted molar refractivity (Wildman–Crippen MR) is 64.3 cm³/mol. The molecular weight excluding hydrogens is 202 g/mol. The number of aromatic nitrogens is 1. The molecule has 1 aromatic heterocycles. The van der Waals surface area contributed by atoms with E-state index in [1.165, 1.54) is 0 Å². The number of aryl methyl sites for hydroxylation is 1. The highest BCUT2D eigenvalue weighted by Gasteiger charge is 2.02. The van der Waals surface area contributed by atoms with Crippen LogP contribution in [0.4, 0.5) is 11.4 Å². The van der Waals surface area contributed by atoms with Gasteiger partial charge in [-0.3, -0.25) is 0 Å². The molecule has 4 heteroatoms. The van der Waals surface area contributed by atoms with Gasteiger partial charge in [-0.1, -0.05) is 0 Å². The second-order valence-electron chi connectivity index (χ2n) is 3.56. The first-order valence-corrected chi connectivity index (χ1v) is 4.90. The number of hydrogen-bond donors (Lipinski definition) is 2. The summed E-state index contributed by atoms with van der Waals surface area (Å²) < 4.78 is 5.60. The zero-order valence-electron chi connectivity index (χ0n) is 8.97. The summed E-state index contributed by atoms with van der Waals surface area (Å²) in [7, 11) is 0. The van der Waals surface area contributed by atoms with Crippen molar-refractivity contribution in [1.29, 1.82) is 0 Å². The number of nitrogens with two attached hydrogens (primary N) is 2. The lowest BCUT2D eigenvalue weighted by Crippen LogP contribution is -1.93. The summed E-state index contributed by atoms with van der Waals surface area (Å²) in [5.74, 6) is 1.26. The third-order valence-corrected chi connectivity index (χ3v) is 2.17. The normalized spacial score (nSPS) is 10.1. The van der Waals surface area contributed by atoms with Crippen molar-refractivity contribution in [3.05, 3.63) is 42.1 Å². The number of nitrogens with zero attached hydrogens (tertiary/aromatic N) is 1. The molecule has 2 rings (SSSR count). The van der Waals surface area contributed by atoms with Gasteiger partial charge in [0.1, 0.15) is 5.75 Å². The first-order valence-electron chi connectivity index (χ1n) is 4.90. The Morgan fingerprint density at radius 3 is 2.44 bits per heavy atom. The van der Waals surface area contributed by atoms with Gasteiger partial charge >= 0.3 is 0 Å². The second-order valence-corrected chi connectivity index (χ2v) is 3.56. The summed E-state index contributed by atoms with van der Waals surface area (Å²) in [5, 5.41) is 0. The van der Waals surface area contributed by atoms with Gasteiger partial charge in [0.15, 0.2) is 0 Å². The number of anilines is 2. The van der Waals surface area contributed by atoms with Crippen molar-refractivity contribution >= 4 is 11.4 Å². The Morgan fingerprint density at radius 1 is 1.06 bits per heavy atom. The third-order valence-electron chi connectivity index (χ3n) is 2.17. The van der Waals surface area contributed by atoms with Crippen molar-refractivity contribution in [3.8, 4) is 11.6 Å². The standard InChI is InChI=1S/C12H13N3O/c1-8-6-9(13)2-4-11(8)16-12-5-3-10(14)7-15-12/h2-7H,13-14H2,1H3. The van der Waals surface area contributed by atoms with Crippen LogP contribution in [0.15, 0.2) is 36.5 Å². The van der Waals surface area contributed by atoms with Crippen LogP contribution in [0.3, 0.4) is 0 Å². The number of pyridine rings is 1. The molecular formula is C12H13N3O. The smallest absolute Gasteiger partial charge is 0.219 e. The molecule has 2 aromatic rings. The van der Waals surface area contributed by atoms with Gasteiger partial charge < -0.3 is 16.2 Å². The first kappa shape index (κ1) is 10.3. The lowest BCUT2D eigenvalue weighted by atomic mass is 10.2. The Kier molecular flexibility index (Phi) is 2.64. The van der Waals surface area contributed by atoms with Crippen LogP contribution in [-0.2, 0) is 0 Å². The molecule has 0 amide bonds. The van der Waals surface area contributed by atoms with Gasteiger partial charge in [0.05, 0.1) is 11.9 Å². The zero-order valence-corrected chi connectivity index (χ0v) is 8.97. The number of benzene rings is 1. The lowest BCUT2D eigenvalue weighted by molar-refractivity contribution is 0.460. The van der Waals surface area contributed by atoms with Crippen molar-refractivity contribution in [2.45, 2.75) is 6.92 Å². The van der Waals surface area contributed by atoms with Crippen LogP contribution in [0.2, 0.25) is 0 Å². The molecule has 4 nitrogen and oxygen atoms in total. The van der Waals surface area contributed by atoms with Gasteiger partial charge in [0.2, 0.25) is 5.88 Å². The van der Waals surface area contributed by atoms with Crippen LogP contribution >= 0.6 is 0 Å². The van der Waals surface area contributed by atoms with E-state index in [9.17, 15) is 0 Å². The fraction of sp³-hybridized carbons (Fsp3) is 0.0833. The van der Waals surface area contributed by atoms with Crippen molar-refractivity contribution in [2.24, 2.45) is 0 Å². The molecule has 0 spiro atoms. The molecule has 0 bridgehead atoms. The minimum absolute atomic E-state index is 0.516. The van der Waals surface area contributed by atoms with Gasteiger partial charge in [0.25, 0.3) is 0 Å². The van der Waals surface area contributed by atoms with E-state index in [0.29, 0.717) is 11.6 Å². The molecule has 82 valence electrons. The average Bonchev–Trinajstić information content (AvgIpc) is 2.25. The van der Waals surface area contributed by atoms with Crippen molar-refractivity contribution in [2.75, 3.05) is 11.5 Å². The summed E-state index contributed by atoms with van der Waals surface area (Å²) >= 11 is 0. The molecule has 0 fully saturated rings. The van der Waals surface area contributed by atoms with E-state index in [-0.39, 0.29) is 0 Å². The van der Waals surface area contributed by atoms with E-state index in [4.69, 9.17) is 16.2 Å².